The number of hydrogen-bond acceptors (Lipinski definition) is 6. The fraction of sp³-hybridized carbons (Fsp3) is 1.00. The van der Waals surface area contributed by atoms with Crippen LogP contribution in [-0.2, 0) is 8.23 Å². The van der Waals surface area contributed by atoms with Gasteiger partial charge in [-0.3, -0.25) is 0 Å². The lowest BCUT2D eigenvalue weighted by Crippen LogP contribution is -2.50. The summed E-state index contributed by atoms with van der Waals surface area (Å²) in [4.78, 5) is 0. The Balaban J connectivity index is 4.13. The first-order valence-corrected chi connectivity index (χ1v) is 22.2. The molecule has 1 radical (unpaired) electrons. The molecule has 2 N–H and O–H groups in total. The molecule has 0 spiro atoms. The van der Waals surface area contributed by atoms with Gasteiger partial charge in [0.1, 0.15) is 0 Å². The van der Waals surface area contributed by atoms with Gasteiger partial charge in [-0.25, -0.2) is 0 Å². The van der Waals surface area contributed by atoms with E-state index < -0.39 is 25.9 Å². The molecule has 0 aromatic rings. The molecule has 0 saturated heterocycles. The predicted octanol–water partition coefficient (Wildman–Crippen LogP) is 6.12. The predicted molar refractivity (Wildman–Crippen MR) is 144 cm³/mol. The second kappa shape index (κ2) is 19.6. The Kier molecular flexibility index (Phi) is 20.4. The number of unbranched alkanes of at least 4 members (excludes halogenated alkanes) is 6. The fourth-order valence-electron chi connectivity index (χ4n) is 3.21. The van der Waals surface area contributed by atoms with E-state index in [0.717, 1.165) is 37.5 Å². The van der Waals surface area contributed by atoms with Crippen molar-refractivity contribution >= 4 is 49.4 Å². The maximum atomic E-state index is 8.85. The Morgan fingerprint density at radius 3 is 1.70 bits per heavy atom. The molecule has 0 fully saturated rings. The SMILES string of the molecule is C[Si](CCSCCCCCCO)O[Si](C)(CCSCCCCCCO)O[Si](C)(C)C. The van der Waals surface area contributed by atoms with Gasteiger partial charge in [0.25, 0.3) is 0 Å². The molecule has 0 aliphatic rings. The molecule has 0 aliphatic heterocycles. The maximum Gasteiger partial charge on any atom is 0.315 e. The summed E-state index contributed by atoms with van der Waals surface area (Å²) < 4.78 is 13.4. The molecule has 0 heterocycles. The van der Waals surface area contributed by atoms with Crippen LogP contribution in [-0.4, -0.2) is 72.4 Å². The van der Waals surface area contributed by atoms with Crippen molar-refractivity contribution in [3.63, 3.8) is 0 Å². The van der Waals surface area contributed by atoms with Crippen molar-refractivity contribution in [1.29, 1.82) is 0 Å². The van der Waals surface area contributed by atoms with Crippen LogP contribution in [0.25, 0.3) is 0 Å². The molecule has 1 atom stereocenters. The van der Waals surface area contributed by atoms with Crippen LogP contribution >= 0.6 is 23.5 Å². The molecule has 0 bridgehead atoms. The largest absolute Gasteiger partial charge is 0.437 e. The second-order valence-electron chi connectivity index (χ2n) is 9.15. The number of hydrogen-bond donors (Lipinski definition) is 2. The summed E-state index contributed by atoms with van der Waals surface area (Å²) in [5.41, 5.74) is 0. The zero-order valence-corrected chi connectivity index (χ0v) is 25.0. The van der Waals surface area contributed by atoms with Crippen molar-refractivity contribution in [2.75, 3.05) is 36.2 Å². The summed E-state index contributed by atoms with van der Waals surface area (Å²) in [7, 11) is -4.52. The normalized spacial score (nSPS) is 14.4. The first-order chi connectivity index (χ1) is 14.2. The Bertz CT molecular complexity index is 390. The van der Waals surface area contributed by atoms with E-state index in [2.05, 4.69) is 44.5 Å². The number of aliphatic hydroxyl groups excluding tert-OH is 2. The number of thioether (sulfide) groups is 2. The lowest BCUT2D eigenvalue weighted by molar-refractivity contribution is 0.282. The van der Waals surface area contributed by atoms with E-state index in [1.54, 1.807) is 0 Å². The smallest absolute Gasteiger partial charge is 0.315 e. The van der Waals surface area contributed by atoms with E-state index in [-0.39, 0.29) is 0 Å². The van der Waals surface area contributed by atoms with Gasteiger partial charge in [-0.05, 0) is 93.5 Å². The highest BCUT2D eigenvalue weighted by molar-refractivity contribution is 7.99. The van der Waals surface area contributed by atoms with Gasteiger partial charge >= 0.3 is 8.56 Å². The summed E-state index contributed by atoms with van der Waals surface area (Å²) in [5, 5.41) is 17.7. The molecule has 0 saturated carbocycles. The minimum atomic E-state index is -2.10. The molecule has 30 heavy (non-hydrogen) atoms. The third-order valence-corrected chi connectivity index (χ3v) is 16.9. The number of rotatable bonds is 22. The van der Waals surface area contributed by atoms with Gasteiger partial charge in [-0.15, -0.1) is 0 Å². The first-order valence-electron chi connectivity index (χ1n) is 11.8. The Morgan fingerprint density at radius 1 is 0.700 bits per heavy atom. The molecule has 9 heteroatoms. The van der Waals surface area contributed by atoms with Crippen molar-refractivity contribution in [3.8, 4) is 0 Å². The lowest BCUT2D eigenvalue weighted by Gasteiger charge is -2.36. The van der Waals surface area contributed by atoms with Gasteiger partial charge in [-0.2, -0.15) is 23.5 Å². The van der Waals surface area contributed by atoms with Crippen LogP contribution in [0, 0.1) is 0 Å². The van der Waals surface area contributed by atoms with E-state index in [9.17, 15) is 0 Å². The average molecular weight is 514 g/mol. The Morgan fingerprint density at radius 2 is 1.20 bits per heavy atom. The molecule has 0 aromatic heterocycles. The van der Waals surface area contributed by atoms with Crippen LogP contribution in [0.3, 0.4) is 0 Å². The zero-order valence-electron chi connectivity index (χ0n) is 20.3. The third-order valence-electron chi connectivity index (χ3n) is 4.60. The number of aliphatic hydroxyl groups is 2. The molecule has 0 rings (SSSR count). The van der Waals surface area contributed by atoms with Crippen LogP contribution in [0.15, 0.2) is 0 Å². The summed E-state index contributed by atoms with van der Waals surface area (Å²) >= 11 is 4.10. The molecule has 0 amide bonds. The van der Waals surface area contributed by atoms with Crippen LogP contribution < -0.4 is 0 Å². The van der Waals surface area contributed by atoms with Crippen molar-refractivity contribution < 1.29 is 18.4 Å². The summed E-state index contributed by atoms with van der Waals surface area (Å²) in [6.45, 7) is 12.1. The van der Waals surface area contributed by atoms with Crippen LogP contribution in [0.4, 0.5) is 0 Å². The molecular weight excluding hydrogens is 465 g/mol. The van der Waals surface area contributed by atoms with Gasteiger partial charge in [-0.1, -0.05) is 25.7 Å². The zero-order chi connectivity index (χ0) is 22.7. The summed E-state index contributed by atoms with van der Waals surface area (Å²) in [6.07, 6.45) is 9.17. The highest BCUT2D eigenvalue weighted by atomic mass is 32.2. The quantitative estimate of drug-likeness (QED) is 0.134. The highest BCUT2D eigenvalue weighted by Crippen LogP contribution is 2.24. The second-order valence-corrected chi connectivity index (χ2v) is 22.1. The van der Waals surface area contributed by atoms with Gasteiger partial charge < -0.3 is 18.4 Å². The Hall–Kier alpha value is 1.19. The van der Waals surface area contributed by atoms with Gasteiger partial charge in [0.05, 0.1) is 0 Å². The van der Waals surface area contributed by atoms with E-state index in [4.69, 9.17) is 18.4 Å². The summed E-state index contributed by atoms with van der Waals surface area (Å²) in [6, 6.07) is 2.29. The minimum Gasteiger partial charge on any atom is -0.437 e. The first kappa shape index (κ1) is 31.2. The molecule has 1 unspecified atom stereocenters. The van der Waals surface area contributed by atoms with Crippen LogP contribution in [0.1, 0.15) is 51.4 Å². The highest BCUT2D eigenvalue weighted by Gasteiger charge is 2.37. The van der Waals surface area contributed by atoms with Crippen molar-refractivity contribution in [2.24, 2.45) is 0 Å². The van der Waals surface area contributed by atoms with E-state index in [1.807, 2.05) is 11.8 Å². The molecule has 0 aromatic carbocycles. The standard InChI is InChI=1S/C21H49O4S2Si3/c1-28(20-18-26-16-12-8-6-10-14-22)24-30(5,25-29(2,3)4)21-19-27-17-13-9-7-11-15-23/h22-23H,6-21H2,1-5H3. The maximum absolute atomic E-state index is 8.85. The van der Waals surface area contributed by atoms with Gasteiger partial charge in [0, 0.05) is 13.2 Å². The third kappa shape index (κ3) is 21.1. The topological polar surface area (TPSA) is 58.9 Å². The van der Waals surface area contributed by atoms with E-state index >= 15 is 0 Å². The van der Waals surface area contributed by atoms with Crippen molar-refractivity contribution in [2.45, 2.75) is 96.2 Å². The minimum absolute atomic E-state index is 0.326. The van der Waals surface area contributed by atoms with Crippen LogP contribution in [0.5, 0.6) is 0 Å². The van der Waals surface area contributed by atoms with Crippen molar-refractivity contribution in [3.05, 3.63) is 0 Å². The van der Waals surface area contributed by atoms with E-state index in [0.29, 0.717) is 13.2 Å². The molecule has 181 valence electrons. The lowest BCUT2D eigenvalue weighted by atomic mass is 10.2. The van der Waals surface area contributed by atoms with Crippen molar-refractivity contribution in [1.82, 2.24) is 0 Å². The van der Waals surface area contributed by atoms with Gasteiger partial charge in [0.15, 0.2) is 17.4 Å². The summed E-state index contributed by atoms with van der Waals surface area (Å²) in [5.74, 6) is 4.78. The van der Waals surface area contributed by atoms with E-state index in [1.165, 1.54) is 49.0 Å². The molecule has 4 nitrogen and oxygen atoms in total. The average Bonchev–Trinajstić information content (AvgIpc) is 2.64. The van der Waals surface area contributed by atoms with Crippen LogP contribution in [0.2, 0.25) is 44.8 Å². The Labute approximate surface area is 199 Å². The van der Waals surface area contributed by atoms with Gasteiger partial charge in [0.2, 0.25) is 0 Å². The molecule has 0 aliphatic carbocycles. The fourth-order valence-corrected chi connectivity index (χ4v) is 18.1. The monoisotopic (exact) mass is 513 g/mol. The molecular formula is C21H49O4S2Si3.